The summed E-state index contributed by atoms with van der Waals surface area (Å²) in [6, 6.07) is 26.2. The first-order valence-corrected chi connectivity index (χ1v) is 15.2. The number of nitrogens with zero attached hydrogens (tertiary/aromatic N) is 1. The van der Waals surface area contributed by atoms with E-state index in [4.69, 9.17) is 4.74 Å². The molecule has 4 aromatic rings. The summed E-state index contributed by atoms with van der Waals surface area (Å²) in [6.45, 7) is 1.58. The van der Waals surface area contributed by atoms with Crippen molar-refractivity contribution >= 4 is 40.8 Å². The number of carboxylic acids is 1. The van der Waals surface area contributed by atoms with E-state index < -0.39 is 12.0 Å². The van der Waals surface area contributed by atoms with Crippen molar-refractivity contribution in [3.8, 4) is 5.75 Å². The van der Waals surface area contributed by atoms with Crippen molar-refractivity contribution < 1.29 is 24.2 Å². The number of rotatable bonds is 15. The van der Waals surface area contributed by atoms with E-state index in [0.29, 0.717) is 41.6 Å². The van der Waals surface area contributed by atoms with Crippen LogP contribution in [0.4, 0.5) is 5.69 Å². The minimum absolute atomic E-state index is 0.0153. The van der Waals surface area contributed by atoms with Crippen molar-refractivity contribution in [2.24, 2.45) is 5.92 Å². The summed E-state index contributed by atoms with van der Waals surface area (Å²) in [5.74, 6) is 0.00697. The molecule has 1 atom stereocenters. The van der Waals surface area contributed by atoms with Gasteiger partial charge in [-0.1, -0.05) is 60.7 Å². The first kappa shape index (κ1) is 29.8. The molecule has 43 heavy (non-hydrogen) atoms. The number of hydrogen-bond donors (Lipinski definition) is 2. The Morgan fingerprint density at radius 2 is 1.70 bits per heavy atom. The number of nitrogens with one attached hydrogen (secondary N) is 1. The second-order valence-electron chi connectivity index (χ2n) is 10.5. The predicted octanol–water partition coefficient (Wildman–Crippen LogP) is 6.42. The van der Waals surface area contributed by atoms with E-state index in [-0.39, 0.29) is 18.1 Å². The van der Waals surface area contributed by atoms with Gasteiger partial charge in [-0.2, -0.15) is 0 Å². The van der Waals surface area contributed by atoms with Gasteiger partial charge in [0.15, 0.2) is 5.78 Å². The number of amides is 1. The summed E-state index contributed by atoms with van der Waals surface area (Å²) in [7, 11) is 0. The molecule has 7 nitrogen and oxygen atoms in total. The lowest BCUT2D eigenvalue weighted by Crippen LogP contribution is -2.35. The van der Waals surface area contributed by atoms with E-state index in [9.17, 15) is 19.5 Å². The summed E-state index contributed by atoms with van der Waals surface area (Å²) in [5, 5.41) is 15.0. The van der Waals surface area contributed by atoms with Gasteiger partial charge < -0.3 is 20.1 Å². The Balaban J connectivity index is 1.17. The third-order valence-electron chi connectivity index (χ3n) is 7.25. The predicted molar refractivity (Wildman–Crippen MR) is 170 cm³/mol. The molecule has 3 aromatic carbocycles. The number of benzene rings is 3. The zero-order chi connectivity index (χ0) is 30.0. The van der Waals surface area contributed by atoms with E-state index in [1.165, 1.54) is 0 Å². The van der Waals surface area contributed by atoms with Crippen LogP contribution in [0, 0.1) is 5.92 Å². The number of thiophene rings is 1. The lowest BCUT2D eigenvalue weighted by molar-refractivity contribution is -0.137. The van der Waals surface area contributed by atoms with E-state index in [1.807, 2.05) is 58.8 Å². The van der Waals surface area contributed by atoms with Crippen molar-refractivity contribution in [1.29, 1.82) is 0 Å². The normalized spacial score (nSPS) is 13.4. The van der Waals surface area contributed by atoms with Crippen LogP contribution in [-0.2, 0) is 16.0 Å². The Bertz CT molecular complexity index is 1550. The SMILES string of the molecule is O=C(c1ccccc1)c1ccccc1N[C@@H](Cc1ccc(OCCN(CC2CC2)C(=O)C=Cc2cccs2)cc1)C(=O)O. The molecular formula is C35H34N2O5S. The largest absolute Gasteiger partial charge is 0.492 e. The van der Waals surface area contributed by atoms with Gasteiger partial charge in [-0.3, -0.25) is 9.59 Å². The van der Waals surface area contributed by atoms with Crippen LogP contribution in [0.15, 0.2) is 102 Å². The van der Waals surface area contributed by atoms with Crippen molar-refractivity contribution in [3.63, 3.8) is 0 Å². The fraction of sp³-hybridized carbons (Fsp3) is 0.229. The third-order valence-corrected chi connectivity index (χ3v) is 8.09. The monoisotopic (exact) mass is 594 g/mol. The molecule has 220 valence electrons. The Morgan fingerprint density at radius 1 is 0.953 bits per heavy atom. The second-order valence-corrected chi connectivity index (χ2v) is 11.5. The molecule has 0 unspecified atom stereocenters. The number of hydrogen-bond acceptors (Lipinski definition) is 6. The molecule has 0 saturated heterocycles. The number of ether oxygens (including phenoxy) is 1. The molecular weight excluding hydrogens is 560 g/mol. The molecule has 0 aliphatic heterocycles. The standard InChI is InChI=1S/C35H34N2O5S/c38-33(19-18-29-9-6-22-43-29)37(24-26-12-13-26)20-21-42-28-16-14-25(15-17-28)23-32(35(40)41)36-31-11-5-4-10-30(31)34(39)27-7-2-1-3-8-27/h1-11,14-19,22,26,32,36H,12-13,20-21,23-24H2,(H,40,41)/t32-/m0/s1. The molecule has 0 bridgehead atoms. The molecule has 1 heterocycles. The third kappa shape index (κ3) is 8.66. The number of aliphatic carboxylic acids is 1. The van der Waals surface area contributed by atoms with E-state index in [2.05, 4.69) is 5.32 Å². The maximum Gasteiger partial charge on any atom is 0.326 e. The highest BCUT2D eigenvalue weighted by atomic mass is 32.1. The number of carboxylic acid groups (broad SMARTS) is 1. The van der Waals surface area contributed by atoms with E-state index in [0.717, 1.165) is 29.8 Å². The van der Waals surface area contributed by atoms with E-state index in [1.54, 1.807) is 65.9 Å². The molecule has 1 aliphatic rings. The van der Waals surface area contributed by atoms with Crippen LogP contribution in [0.3, 0.4) is 0 Å². The molecule has 1 aromatic heterocycles. The lowest BCUT2D eigenvalue weighted by Gasteiger charge is -2.21. The number of carbonyl (C=O) groups excluding carboxylic acids is 2. The van der Waals surface area contributed by atoms with Crippen LogP contribution in [0.25, 0.3) is 6.08 Å². The number of para-hydroxylation sites is 1. The summed E-state index contributed by atoms with van der Waals surface area (Å²) in [5.41, 5.74) is 2.23. The molecule has 2 N–H and O–H groups in total. The summed E-state index contributed by atoms with van der Waals surface area (Å²) >= 11 is 1.59. The van der Waals surface area contributed by atoms with E-state index >= 15 is 0 Å². The molecule has 1 fully saturated rings. The molecule has 1 saturated carbocycles. The van der Waals surface area contributed by atoms with Gasteiger partial charge in [0.2, 0.25) is 5.91 Å². The molecule has 1 amide bonds. The number of carbonyl (C=O) groups is 3. The van der Waals surface area contributed by atoms with Crippen LogP contribution in [-0.4, -0.2) is 53.4 Å². The van der Waals surface area contributed by atoms with Gasteiger partial charge in [0.05, 0.1) is 6.54 Å². The Morgan fingerprint density at radius 3 is 2.40 bits per heavy atom. The highest BCUT2D eigenvalue weighted by molar-refractivity contribution is 7.10. The zero-order valence-corrected chi connectivity index (χ0v) is 24.5. The van der Waals surface area contributed by atoms with Crippen LogP contribution in [0.1, 0.15) is 39.2 Å². The lowest BCUT2D eigenvalue weighted by atomic mass is 10.00. The van der Waals surface area contributed by atoms with Crippen molar-refractivity contribution in [2.75, 3.05) is 25.0 Å². The van der Waals surface area contributed by atoms with Gasteiger partial charge >= 0.3 is 5.97 Å². The minimum Gasteiger partial charge on any atom is -0.492 e. The van der Waals surface area contributed by atoms with Gasteiger partial charge in [-0.25, -0.2) is 4.79 Å². The molecule has 8 heteroatoms. The topological polar surface area (TPSA) is 95.9 Å². The average Bonchev–Trinajstić information content (AvgIpc) is 3.70. The van der Waals surface area contributed by atoms with Crippen LogP contribution in [0.5, 0.6) is 5.75 Å². The fourth-order valence-corrected chi connectivity index (χ4v) is 5.34. The van der Waals surface area contributed by atoms with Gasteiger partial charge in [-0.05, 0) is 66.1 Å². The maximum atomic E-state index is 13.1. The Kier molecular flexibility index (Phi) is 10.0. The summed E-state index contributed by atoms with van der Waals surface area (Å²) in [6.07, 6.45) is 6.00. The smallest absolute Gasteiger partial charge is 0.326 e. The number of ketones is 1. The Labute approximate surface area is 255 Å². The quantitative estimate of drug-likeness (QED) is 0.122. The first-order valence-electron chi connectivity index (χ1n) is 14.4. The van der Waals surface area contributed by atoms with Gasteiger partial charge in [0, 0.05) is 40.7 Å². The van der Waals surface area contributed by atoms with Gasteiger partial charge in [0.1, 0.15) is 18.4 Å². The van der Waals surface area contributed by atoms with Crippen molar-refractivity contribution in [2.45, 2.75) is 25.3 Å². The second kappa shape index (κ2) is 14.5. The fourth-order valence-electron chi connectivity index (χ4n) is 4.72. The van der Waals surface area contributed by atoms with Crippen LogP contribution < -0.4 is 10.1 Å². The van der Waals surface area contributed by atoms with Crippen molar-refractivity contribution in [3.05, 3.63) is 124 Å². The van der Waals surface area contributed by atoms with Gasteiger partial charge in [-0.15, -0.1) is 11.3 Å². The Hall–Kier alpha value is -4.69. The maximum absolute atomic E-state index is 13.1. The molecule has 5 rings (SSSR count). The number of anilines is 1. The summed E-state index contributed by atoms with van der Waals surface area (Å²) < 4.78 is 5.94. The molecule has 0 spiro atoms. The molecule has 0 radical (unpaired) electrons. The minimum atomic E-state index is -1.02. The highest BCUT2D eigenvalue weighted by Crippen LogP contribution is 2.30. The summed E-state index contributed by atoms with van der Waals surface area (Å²) in [4.78, 5) is 41.0. The van der Waals surface area contributed by atoms with Crippen LogP contribution in [0.2, 0.25) is 0 Å². The highest BCUT2D eigenvalue weighted by Gasteiger charge is 2.26. The first-order chi connectivity index (χ1) is 21.0. The van der Waals surface area contributed by atoms with Crippen molar-refractivity contribution in [1.82, 2.24) is 4.90 Å². The molecule has 1 aliphatic carbocycles. The average molecular weight is 595 g/mol. The zero-order valence-electron chi connectivity index (χ0n) is 23.7. The van der Waals surface area contributed by atoms with Crippen LogP contribution >= 0.6 is 11.3 Å². The van der Waals surface area contributed by atoms with Gasteiger partial charge in [0.25, 0.3) is 0 Å².